The summed E-state index contributed by atoms with van der Waals surface area (Å²) in [7, 11) is -3.70. The largest absolute Gasteiger partial charge is 0.454 e. The monoisotopic (exact) mass is 380 g/mol. The number of carbonyl (C=O) groups is 1. The van der Waals surface area contributed by atoms with E-state index >= 15 is 0 Å². The van der Waals surface area contributed by atoms with E-state index in [0.29, 0.717) is 17.2 Å². The van der Waals surface area contributed by atoms with Crippen LogP contribution in [0.4, 0.5) is 10.1 Å². The van der Waals surface area contributed by atoms with Crippen molar-refractivity contribution in [2.45, 2.75) is 6.54 Å². The van der Waals surface area contributed by atoms with Crippen LogP contribution in [0.2, 0.25) is 0 Å². The summed E-state index contributed by atoms with van der Waals surface area (Å²) in [4.78, 5) is 11.6. The Kier molecular flexibility index (Phi) is 4.84. The average Bonchev–Trinajstić information content (AvgIpc) is 3.06. The van der Waals surface area contributed by atoms with Crippen LogP contribution in [0.1, 0.15) is 15.9 Å². The van der Waals surface area contributed by atoms with E-state index in [9.17, 15) is 17.6 Å². The van der Waals surface area contributed by atoms with Gasteiger partial charge < -0.3 is 15.2 Å². The van der Waals surface area contributed by atoms with E-state index in [-0.39, 0.29) is 31.0 Å². The van der Waals surface area contributed by atoms with Gasteiger partial charge in [-0.3, -0.25) is 9.10 Å². The molecule has 0 saturated carbocycles. The SMILES string of the molecule is CS(=O)(=O)N(Cc1ccc(C(=O)CN)cc1F)c1ccc2c(c1)OCO2. The predicted octanol–water partition coefficient (Wildman–Crippen LogP) is 1.66. The number of nitrogens with two attached hydrogens (primary N) is 1. The van der Waals surface area contributed by atoms with Crippen LogP contribution in [-0.2, 0) is 16.6 Å². The predicted molar refractivity (Wildman–Crippen MR) is 93.4 cm³/mol. The molecule has 1 heterocycles. The maximum atomic E-state index is 14.4. The van der Waals surface area contributed by atoms with Crippen LogP contribution in [0.5, 0.6) is 11.5 Å². The number of hydrogen-bond acceptors (Lipinski definition) is 6. The van der Waals surface area contributed by atoms with Gasteiger partial charge in [0.15, 0.2) is 17.3 Å². The summed E-state index contributed by atoms with van der Waals surface area (Å²) in [5.41, 5.74) is 5.85. The van der Waals surface area contributed by atoms with E-state index in [1.165, 1.54) is 18.2 Å². The van der Waals surface area contributed by atoms with Gasteiger partial charge in [0.05, 0.1) is 25.0 Å². The van der Waals surface area contributed by atoms with E-state index < -0.39 is 21.6 Å². The number of sulfonamides is 1. The number of nitrogens with zero attached hydrogens (tertiary/aromatic N) is 1. The van der Waals surface area contributed by atoms with Gasteiger partial charge >= 0.3 is 0 Å². The maximum Gasteiger partial charge on any atom is 0.232 e. The van der Waals surface area contributed by atoms with E-state index in [4.69, 9.17) is 15.2 Å². The fourth-order valence-corrected chi connectivity index (χ4v) is 3.43. The maximum absolute atomic E-state index is 14.4. The Morgan fingerprint density at radius 3 is 2.58 bits per heavy atom. The molecule has 9 heteroatoms. The molecule has 0 aliphatic carbocycles. The molecule has 1 aliphatic heterocycles. The van der Waals surface area contributed by atoms with E-state index in [2.05, 4.69) is 0 Å². The highest BCUT2D eigenvalue weighted by atomic mass is 32.2. The number of Topliss-reactive ketones (excluding diaryl/α,β-unsaturated/α-hetero) is 1. The molecule has 0 spiro atoms. The molecule has 26 heavy (non-hydrogen) atoms. The highest BCUT2D eigenvalue weighted by Crippen LogP contribution is 2.36. The molecule has 2 aromatic carbocycles. The topological polar surface area (TPSA) is 98.9 Å². The van der Waals surface area contributed by atoms with Crippen LogP contribution < -0.4 is 19.5 Å². The number of ether oxygens (including phenoxy) is 2. The van der Waals surface area contributed by atoms with Crippen molar-refractivity contribution in [3.8, 4) is 11.5 Å². The molecule has 138 valence electrons. The van der Waals surface area contributed by atoms with Crippen LogP contribution in [0.15, 0.2) is 36.4 Å². The number of rotatable bonds is 6. The molecular formula is C17H17FN2O5S. The van der Waals surface area contributed by atoms with Crippen molar-refractivity contribution >= 4 is 21.5 Å². The zero-order chi connectivity index (χ0) is 18.9. The zero-order valence-corrected chi connectivity index (χ0v) is 14.8. The molecule has 0 unspecified atom stereocenters. The number of anilines is 1. The van der Waals surface area contributed by atoms with Crippen LogP contribution in [0.25, 0.3) is 0 Å². The van der Waals surface area contributed by atoms with Crippen molar-refractivity contribution in [1.82, 2.24) is 0 Å². The second-order valence-electron chi connectivity index (χ2n) is 5.74. The molecule has 0 aromatic heterocycles. The molecule has 0 fully saturated rings. The quantitative estimate of drug-likeness (QED) is 0.766. The van der Waals surface area contributed by atoms with Crippen molar-refractivity contribution in [2.24, 2.45) is 5.73 Å². The van der Waals surface area contributed by atoms with Gasteiger partial charge in [-0.1, -0.05) is 12.1 Å². The lowest BCUT2D eigenvalue weighted by Crippen LogP contribution is -2.29. The lowest BCUT2D eigenvalue weighted by atomic mass is 10.1. The Balaban J connectivity index is 1.94. The molecule has 0 radical (unpaired) electrons. The number of fused-ring (bicyclic) bond motifs is 1. The van der Waals surface area contributed by atoms with Gasteiger partial charge in [-0.25, -0.2) is 12.8 Å². The van der Waals surface area contributed by atoms with Gasteiger partial charge in [0.1, 0.15) is 5.82 Å². The Morgan fingerprint density at radius 2 is 1.92 bits per heavy atom. The van der Waals surface area contributed by atoms with Crippen LogP contribution in [0.3, 0.4) is 0 Å². The molecule has 2 N–H and O–H groups in total. The third-order valence-electron chi connectivity index (χ3n) is 3.92. The minimum atomic E-state index is -3.70. The lowest BCUT2D eigenvalue weighted by molar-refractivity contribution is 0.100. The minimum absolute atomic E-state index is 0.0585. The molecular weight excluding hydrogens is 363 g/mol. The Bertz CT molecular complexity index is 962. The summed E-state index contributed by atoms with van der Waals surface area (Å²) < 4.78 is 50.4. The van der Waals surface area contributed by atoms with Crippen LogP contribution in [-0.4, -0.2) is 33.8 Å². The van der Waals surface area contributed by atoms with Crippen molar-refractivity contribution < 1.29 is 27.1 Å². The minimum Gasteiger partial charge on any atom is -0.454 e. The first-order chi connectivity index (χ1) is 12.3. The number of hydrogen-bond donors (Lipinski definition) is 1. The first kappa shape index (κ1) is 18.2. The molecule has 0 saturated heterocycles. The third kappa shape index (κ3) is 3.63. The van der Waals surface area contributed by atoms with Gasteiger partial charge in [0, 0.05) is 17.2 Å². The molecule has 3 rings (SSSR count). The highest BCUT2D eigenvalue weighted by molar-refractivity contribution is 7.92. The summed E-state index contributed by atoms with van der Waals surface area (Å²) in [5.74, 6) is -0.150. The van der Waals surface area contributed by atoms with Gasteiger partial charge in [0.25, 0.3) is 0 Å². The summed E-state index contributed by atoms with van der Waals surface area (Å²) in [6, 6.07) is 8.53. The van der Waals surface area contributed by atoms with E-state index in [0.717, 1.165) is 16.6 Å². The molecule has 1 aliphatic rings. The molecule has 7 nitrogen and oxygen atoms in total. The number of halogens is 1. The zero-order valence-electron chi connectivity index (χ0n) is 13.9. The van der Waals surface area contributed by atoms with Crippen molar-refractivity contribution in [1.29, 1.82) is 0 Å². The van der Waals surface area contributed by atoms with Gasteiger partial charge in [-0.05, 0) is 18.2 Å². The molecule has 0 bridgehead atoms. The molecule has 0 amide bonds. The fraction of sp³-hybridized carbons (Fsp3) is 0.235. The Labute approximate surface area is 150 Å². The average molecular weight is 380 g/mol. The summed E-state index contributed by atoms with van der Waals surface area (Å²) in [5, 5.41) is 0. The summed E-state index contributed by atoms with van der Waals surface area (Å²) in [6.07, 6.45) is 1.03. The van der Waals surface area contributed by atoms with E-state index in [1.54, 1.807) is 12.1 Å². The smallest absolute Gasteiger partial charge is 0.232 e. The van der Waals surface area contributed by atoms with Gasteiger partial charge in [-0.15, -0.1) is 0 Å². The number of carbonyl (C=O) groups excluding carboxylic acids is 1. The molecule has 0 atom stereocenters. The first-order valence-corrected chi connectivity index (χ1v) is 9.53. The third-order valence-corrected chi connectivity index (χ3v) is 5.06. The summed E-state index contributed by atoms with van der Waals surface area (Å²) >= 11 is 0. The Morgan fingerprint density at radius 1 is 1.19 bits per heavy atom. The first-order valence-electron chi connectivity index (χ1n) is 7.68. The van der Waals surface area contributed by atoms with E-state index in [1.807, 2.05) is 0 Å². The standard InChI is InChI=1S/C17H17FN2O5S/c1-26(22,23)20(13-4-5-16-17(7-13)25-10-24-16)9-12-3-2-11(6-14(12)18)15(21)8-19/h2-7H,8-10,19H2,1H3. The second-order valence-corrected chi connectivity index (χ2v) is 7.65. The van der Waals surface area contributed by atoms with Crippen LogP contribution in [0, 0.1) is 5.82 Å². The highest BCUT2D eigenvalue weighted by Gasteiger charge is 2.23. The normalized spacial score (nSPS) is 12.9. The van der Waals surface area contributed by atoms with Crippen molar-refractivity contribution in [3.63, 3.8) is 0 Å². The molecule has 2 aromatic rings. The lowest BCUT2D eigenvalue weighted by Gasteiger charge is -2.23. The van der Waals surface area contributed by atoms with Crippen molar-refractivity contribution in [3.05, 3.63) is 53.3 Å². The number of benzene rings is 2. The summed E-state index contributed by atoms with van der Waals surface area (Å²) in [6.45, 7) is -0.407. The number of ketones is 1. The van der Waals surface area contributed by atoms with Crippen LogP contribution >= 0.6 is 0 Å². The second kappa shape index (κ2) is 6.93. The van der Waals surface area contributed by atoms with Gasteiger partial charge in [0.2, 0.25) is 16.8 Å². The Hall–Kier alpha value is -2.65. The van der Waals surface area contributed by atoms with Gasteiger partial charge in [-0.2, -0.15) is 0 Å². The fourth-order valence-electron chi connectivity index (χ4n) is 2.56. The van der Waals surface area contributed by atoms with Crippen molar-refractivity contribution in [2.75, 3.05) is 23.9 Å².